The topological polar surface area (TPSA) is 53.4 Å². The van der Waals surface area contributed by atoms with Gasteiger partial charge in [-0.1, -0.05) is 30.0 Å². The molecule has 0 bridgehead atoms. The summed E-state index contributed by atoms with van der Waals surface area (Å²) >= 11 is 1.46. The predicted molar refractivity (Wildman–Crippen MR) is 110 cm³/mol. The zero-order chi connectivity index (χ0) is 19.5. The summed E-state index contributed by atoms with van der Waals surface area (Å²) in [7, 11) is 0. The van der Waals surface area contributed by atoms with E-state index in [9.17, 15) is 4.79 Å². The van der Waals surface area contributed by atoms with Crippen molar-refractivity contribution in [2.75, 3.05) is 12.4 Å². The van der Waals surface area contributed by atoms with Crippen molar-refractivity contribution >= 4 is 17.5 Å². The zero-order valence-corrected chi connectivity index (χ0v) is 16.7. The van der Waals surface area contributed by atoms with Crippen molar-refractivity contribution in [3.63, 3.8) is 0 Å². The van der Waals surface area contributed by atoms with Crippen LogP contribution in [-0.4, -0.2) is 33.8 Å². The van der Waals surface area contributed by atoms with Crippen LogP contribution in [0.3, 0.4) is 0 Å². The molecular weight excluding hydrogens is 372 g/mol. The first-order valence-electron chi connectivity index (χ1n) is 9.24. The maximum Gasteiger partial charge on any atom is 0.174 e. The number of fused-ring (bicyclic) bond motifs is 1. The van der Waals surface area contributed by atoms with E-state index in [-0.39, 0.29) is 11.9 Å². The third-order valence-electron chi connectivity index (χ3n) is 4.82. The Labute approximate surface area is 168 Å². The third-order valence-corrected chi connectivity index (χ3v) is 5.76. The van der Waals surface area contributed by atoms with Crippen molar-refractivity contribution < 1.29 is 14.3 Å². The molecule has 144 valence electrons. The van der Waals surface area contributed by atoms with Crippen LogP contribution in [0.25, 0.3) is 0 Å². The Hall–Kier alpha value is -2.73. The highest BCUT2D eigenvalue weighted by Gasteiger charge is 2.24. The smallest absolute Gasteiger partial charge is 0.174 e. The van der Waals surface area contributed by atoms with Gasteiger partial charge in [0.05, 0.1) is 17.3 Å². The van der Waals surface area contributed by atoms with E-state index in [1.165, 1.54) is 11.8 Å². The number of nitrogens with zero attached hydrogens (tertiary/aromatic N) is 2. The number of carbonyl (C=O) groups excluding carboxylic acids is 1. The highest BCUT2D eigenvalue weighted by Crippen LogP contribution is 2.31. The quantitative estimate of drug-likeness (QED) is 0.460. The number of benzene rings is 1. The number of thioether (sulfide) groups is 1. The minimum Gasteiger partial charge on any atom is -0.486 e. The van der Waals surface area contributed by atoms with Crippen LogP contribution < -0.4 is 9.47 Å². The molecule has 1 aliphatic rings. The standard InChI is InChI=1S/C22H22N2O3S/c1-15-11-18(19(25)14-28-22-9-5-6-10-23-22)16(2)24(15)12-17-13-26-20-7-3-4-8-21(20)27-17/h3-11,17H,12-14H2,1-2H3/t17-/m0/s1. The summed E-state index contributed by atoms with van der Waals surface area (Å²) in [6.45, 7) is 5.15. The minimum absolute atomic E-state index is 0.0921. The van der Waals surface area contributed by atoms with E-state index in [4.69, 9.17) is 9.47 Å². The number of Topliss-reactive ketones (excluding diaryl/α,β-unsaturated/α-hetero) is 1. The summed E-state index contributed by atoms with van der Waals surface area (Å²) in [4.78, 5) is 17.0. The van der Waals surface area contributed by atoms with Crippen LogP contribution in [-0.2, 0) is 6.54 Å². The van der Waals surface area contributed by atoms with Crippen molar-refractivity contribution in [1.29, 1.82) is 0 Å². The zero-order valence-electron chi connectivity index (χ0n) is 15.9. The maximum absolute atomic E-state index is 12.7. The van der Waals surface area contributed by atoms with Crippen molar-refractivity contribution in [2.45, 2.75) is 31.5 Å². The molecule has 0 unspecified atom stereocenters. The van der Waals surface area contributed by atoms with Gasteiger partial charge in [0.1, 0.15) is 6.61 Å². The van der Waals surface area contributed by atoms with E-state index in [1.54, 1.807) is 6.20 Å². The highest BCUT2D eigenvalue weighted by molar-refractivity contribution is 7.99. The number of ether oxygens (including phenoxy) is 2. The first-order chi connectivity index (χ1) is 13.6. The number of para-hydroxylation sites is 2. The van der Waals surface area contributed by atoms with Gasteiger partial charge in [-0.15, -0.1) is 0 Å². The Morgan fingerprint density at radius 1 is 1.18 bits per heavy atom. The largest absolute Gasteiger partial charge is 0.486 e. The molecule has 3 heterocycles. The minimum atomic E-state index is -0.0921. The number of ketones is 1. The Bertz CT molecular complexity index is 985. The van der Waals surface area contributed by atoms with Crippen molar-refractivity contribution in [1.82, 2.24) is 9.55 Å². The first-order valence-corrected chi connectivity index (χ1v) is 10.2. The van der Waals surface area contributed by atoms with Crippen LogP contribution in [0.2, 0.25) is 0 Å². The van der Waals surface area contributed by atoms with Crippen LogP contribution in [0.4, 0.5) is 0 Å². The molecule has 0 fully saturated rings. The summed E-state index contributed by atoms with van der Waals surface area (Å²) in [5, 5.41) is 0.857. The summed E-state index contributed by atoms with van der Waals surface area (Å²) in [5.74, 6) is 2.03. The van der Waals surface area contributed by atoms with Crippen LogP contribution in [0.1, 0.15) is 21.7 Å². The van der Waals surface area contributed by atoms with E-state index < -0.39 is 0 Å². The molecule has 0 spiro atoms. The maximum atomic E-state index is 12.7. The highest BCUT2D eigenvalue weighted by atomic mass is 32.2. The lowest BCUT2D eigenvalue weighted by molar-refractivity contribution is 0.0777. The molecule has 28 heavy (non-hydrogen) atoms. The number of rotatable bonds is 6. The van der Waals surface area contributed by atoms with Gasteiger partial charge in [0.15, 0.2) is 23.4 Å². The van der Waals surface area contributed by atoms with E-state index in [0.29, 0.717) is 18.9 Å². The van der Waals surface area contributed by atoms with Gasteiger partial charge in [-0.25, -0.2) is 4.98 Å². The average Bonchev–Trinajstić information content (AvgIpc) is 3.01. The molecular formula is C22H22N2O3S. The van der Waals surface area contributed by atoms with Gasteiger partial charge in [0.2, 0.25) is 0 Å². The van der Waals surface area contributed by atoms with E-state index in [2.05, 4.69) is 9.55 Å². The van der Waals surface area contributed by atoms with Gasteiger partial charge in [-0.2, -0.15) is 0 Å². The molecule has 1 atom stereocenters. The number of hydrogen-bond acceptors (Lipinski definition) is 5. The molecule has 1 aliphatic heterocycles. The second kappa shape index (κ2) is 8.10. The molecule has 0 saturated heterocycles. The normalized spacial score (nSPS) is 15.4. The molecule has 0 saturated carbocycles. The van der Waals surface area contributed by atoms with Gasteiger partial charge in [0.25, 0.3) is 0 Å². The summed E-state index contributed by atoms with van der Waals surface area (Å²) in [6.07, 6.45) is 1.65. The van der Waals surface area contributed by atoms with E-state index >= 15 is 0 Å². The number of pyridine rings is 1. The van der Waals surface area contributed by atoms with Gasteiger partial charge >= 0.3 is 0 Å². The SMILES string of the molecule is Cc1cc(C(=O)CSc2ccccn2)c(C)n1C[C@H]1COc2ccccc2O1. The second-order valence-electron chi connectivity index (χ2n) is 6.77. The number of aromatic nitrogens is 2. The molecule has 2 aromatic heterocycles. The Morgan fingerprint density at radius 3 is 2.75 bits per heavy atom. The lowest BCUT2D eigenvalue weighted by atomic mass is 10.2. The number of hydrogen-bond donors (Lipinski definition) is 0. The number of carbonyl (C=O) groups is 1. The fourth-order valence-corrected chi connectivity index (χ4v) is 4.12. The van der Waals surface area contributed by atoms with Crippen molar-refractivity contribution in [2.24, 2.45) is 0 Å². The lowest BCUT2D eigenvalue weighted by Gasteiger charge is -2.27. The van der Waals surface area contributed by atoms with Gasteiger partial charge in [-0.3, -0.25) is 4.79 Å². The molecule has 5 nitrogen and oxygen atoms in total. The fraction of sp³-hybridized carbons (Fsp3) is 0.273. The van der Waals surface area contributed by atoms with Gasteiger partial charge in [-0.05, 0) is 44.2 Å². The molecule has 0 radical (unpaired) electrons. The van der Waals surface area contributed by atoms with Crippen LogP contribution in [0, 0.1) is 13.8 Å². The predicted octanol–water partition coefficient (Wildman–Crippen LogP) is 4.31. The molecule has 0 aliphatic carbocycles. The average molecular weight is 394 g/mol. The number of aryl methyl sites for hydroxylation is 1. The second-order valence-corrected chi connectivity index (χ2v) is 7.77. The Kier molecular flexibility index (Phi) is 5.39. The third kappa shape index (κ3) is 3.92. The van der Waals surface area contributed by atoms with Crippen molar-refractivity contribution in [3.05, 3.63) is 71.7 Å². The lowest BCUT2D eigenvalue weighted by Crippen LogP contribution is -2.33. The monoisotopic (exact) mass is 394 g/mol. The summed E-state index contributed by atoms with van der Waals surface area (Å²) in [5.41, 5.74) is 2.77. The Morgan fingerprint density at radius 2 is 1.96 bits per heavy atom. The van der Waals surface area contributed by atoms with Crippen LogP contribution in [0.5, 0.6) is 11.5 Å². The van der Waals surface area contributed by atoms with Crippen molar-refractivity contribution in [3.8, 4) is 11.5 Å². The van der Waals surface area contributed by atoms with Crippen LogP contribution >= 0.6 is 11.8 Å². The summed E-state index contributed by atoms with van der Waals surface area (Å²) < 4.78 is 14.0. The molecule has 1 aromatic carbocycles. The van der Waals surface area contributed by atoms with E-state index in [1.807, 2.05) is 62.4 Å². The molecule has 4 rings (SSSR count). The summed E-state index contributed by atoms with van der Waals surface area (Å²) in [6, 6.07) is 15.4. The van der Waals surface area contributed by atoms with Gasteiger partial charge in [0, 0.05) is 23.1 Å². The fourth-order valence-electron chi connectivity index (χ4n) is 3.37. The molecule has 3 aromatic rings. The Balaban J connectivity index is 1.45. The first kappa shape index (κ1) is 18.6. The van der Waals surface area contributed by atoms with Crippen LogP contribution in [0.15, 0.2) is 59.8 Å². The van der Waals surface area contributed by atoms with E-state index in [0.717, 1.165) is 33.5 Å². The molecule has 0 N–H and O–H groups in total. The van der Waals surface area contributed by atoms with Gasteiger partial charge < -0.3 is 14.0 Å². The molecule has 6 heteroatoms. The molecule has 0 amide bonds.